The molecule has 1 aromatic carbocycles. The van der Waals surface area contributed by atoms with Gasteiger partial charge in [0.05, 0.1) is 18.0 Å². The molecule has 3 N–H and O–H groups in total. The maximum absolute atomic E-state index is 12.7. The van der Waals surface area contributed by atoms with Crippen molar-refractivity contribution in [3.8, 4) is 11.6 Å². The number of nitrogens with zero attached hydrogens (tertiary/aromatic N) is 6. The zero-order chi connectivity index (χ0) is 21.0. The zero-order valence-corrected chi connectivity index (χ0v) is 16.6. The van der Waals surface area contributed by atoms with E-state index >= 15 is 0 Å². The predicted octanol–water partition coefficient (Wildman–Crippen LogP) is 1.91. The lowest BCUT2D eigenvalue weighted by Crippen LogP contribution is -2.22. The molecule has 0 radical (unpaired) electrons. The van der Waals surface area contributed by atoms with Crippen LogP contribution in [0.3, 0.4) is 0 Å². The standard InChI is InChI=1S/C18H22N8O3/c1-5-28-13-8-6-12(7-9-13)11(4)20-22-18(27)14-15(10(2)3)26(25-21-14)17-16(19)23-29-24-17/h6-10H,5H2,1-4H3,(H2,19,23)(H,22,27)/b20-11+. The van der Waals surface area contributed by atoms with Gasteiger partial charge < -0.3 is 10.5 Å². The molecule has 152 valence electrons. The summed E-state index contributed by atoms with van der Waals surface area (Å²) in [5.41, 5.74) is 10.4. The SMILES string of the molecule is CCOc1ccc(/C(C)=N/NC(=O)c2nnn(-c3nonc3N)c2C(C)C)cc1. The summed E-state index contributed by atoms with van der Waals surface area (Å²) in [6.07, 6.45) is 0. The second-order valence-corrected chi connectivity index (χ2v) is 6.46. The minimum atomic E-state index is -0.500. The highest BCUT2D eigenvalue weighted by atomic mass is 16.6. The Morgan fingerprint density at radius 1 is 1.31 bits per heavy atom. The number of hydrazone groups is 1. The van der Waals surface area contributed by atoms with Crippen molar-refractivity contribution in [2.24, 2.45) is 5.10 Å². The Labute approximate surface area is 166 Å². The van der Waals surface area contributed by atoms with Gasteiger partial charge in [-0.2, -0.15) is 9.78 Å². The molecule has 0 saturated carbocycles. The highest BCUT2D eigenvalue weighted by Gasteiger charge is 2.25. The predicted molar refractivity (Wildman–Crippen MR) is 105 cm³/mol. The number of carbonyl (C=O) groups excluding carboxylic acids is 1. The van der Waals surface area contributed by atoms with E-state index in [1.165, 1.54) is 4.68 Å². The number of benzene rings is 1. The second-order valence-electron chi connectivity index (χ2n) is 6.46. The molecule has 2 aromatic heterocycles. The monoisotopic (exact) mass is 398 g/mol. The Bertz CT molecular complexity index is 1020. The molecule has 0 saturated heterocycles. The van der Waals surface area contributed by atoms with Crippen LogP contribution in [-0.4, -0.2) is 43.5 Å². The van der Waals surface area contributed by atoms with Gasteiger partial charge in [0.2, 0.25) is 11.6 Å². The van der Waals surface area contributed by atoms with Gasteiger partial charge >= 0.3 is 0 Å². The Balaban J connectivity index is 1.81. The fraction of sp³-hybridized carbons (Fsp3) is 0.333. The van der Waals surface area contributed by atoms with Crippen LogP contribution >= 0.6 is 0 Å². The lowest BCUT2D eigenvalue weighted by atomic mass is 10.1. The number of nitrogens with two attached hydrogens (primary N) is 1. The third kappa shape index (κ3) is 4.23. The largest absolute Gasteiger partial charge is 0.494 e. The van der Waals surface area contributed by atoms with E-state index in [4.69, 9.17) is 10.5 Å². The number of ether oxygens (including phenoxy) is 1. The molecule has 0 spiro atoms. The van der Waals surface area contributed by atoms with Crippen LogP contribution < -0.4 is 15.9 Å². The van der Waals surface area contributed by atoms with Gasteiger partial charge in [-0.1, -0.05) is 19.1 Å². The normalized spacial score (nSPS) is 11.7. The first-order valence-corrected chi connectivity index (χ1v) is 9.04. The van der Waals surface area contributed by atoms with E-state index in [2.05, 4.69) is 35.8 Å². The molecular formula is C18H22N8O3. The first-order valence-electron chi connectivity index (χ1n) is 9.04. The fourth-order valence-electron chi connectivity index (χ4n) is 2.67. The number of nitrogens with one attached hydrogen (secondary N) is 1. The highest BCUT2D eigenvalue weighted by Crippen LogP contribution is 2.22. The van der Waals surface area contributed by atoms with Gasteiger partial charge in [0.1, 0.15) is 5.75 Å². The molecule has 1 amide bonds. The summed E-state index contributed by atoms with van der Waals surface area (Å²) in [5, 5.41) is 19.4. The van der Waals surface area contributed by atoms with Crippen LogP contribution in [0.2, 0.25) is 0 Å². The molecule has 0 aliphatic carbocycles. The first-order chi connectivity index (χ1) is 13.9. The van der Waals surface area contributed by atoms with Crippen LogP contribution in [-0.2, 0) is 0 Å². The Hall–Kier alpha value is -3.76. The van der Waals surface area contributed by atoms with Crippen molar-refractivity contribution in [3.05, 3.63) is 41.2 Å². The van der Waals surface area contributed by atoms with Crippen molar-refractivity contribution in [2.45, 2.75) is 33.6 Å². The maximum atomic E-state index is 12.7. The highest BCUT2D eigenvalue weighted by molar-refractivity contribution is 6.00. The van der Waals surface area contributed by atoms with Crippen molar-refractivity contribution < 1.29 is 14.2 Å². The number of rotatable bonds is 7. The van der Waals surface area contributed by atoms with E-state index in [-0.39, 0.29) is 23.2 Å². The quantitative estimate of drug-likeness (QED) is 0.453. The van der Waals surface area contributed by atoms with E-state index in [1.54, 1.807) is 6.92 Å². The molecule has 11 heteroatoms. The number of carbonyl (C=O) groups is 1. The van der Waals surface area contributed by atoms with Crippen molar-refractivity contribution in [3.63, 3.8) is 0 Å². The van der Waals surface area contributed by atoms with Gasteiger partial charge in [-0.05, 0) is 59.9 Å². The fourth-order valence-corrected chi connectivity index (χ4v) is 2.67. The minimum absolute atomic E-state index is 0.0492. The van der Waals surface area contributed by atoms with Gasteiger partial charge in [0.25, 0.3) is 5.91 Å². The Kier molecular flexibility index (Phi) is 5.86. The summed E-state index contributed by atoms with van der Waals surface area (Å²) in [5.74, 6) is 0.397. The Morgan fingerprint density at radius 3 is 2.62 bits per heavy atom. The maximum Gasteiger partial charge on any atom is 0.293 e. The zero-order valence-electron chi connectivity index (χ0n) is 16.6. The molecule has 0 aliphatic heterocycles. The number of hydrogen-bond acceptors (Lipinski definition) is 9. The van der Waals surface area contributed by atoms with E-state index < -0.39 is 5.91 Å². The van der Waals surface area contributed by atoms with Crippen molar-refractivity contribution in [1.29, 1.82) is 0 Å². The number of amides is 1. The summed E-state index contributed by atoms with van der Waals surface area (Å²) in [6.45, 7) is 8.09. The smallest absolute Gasteiger partial charge is 0.293 e. The van der Waals surface area contributed by atoms with Crippen LogP contribution in [0.4, 0.5) is 5.82 Å². The first kappa shape index (κ1) is 20.0. The van der Waals surface area contributed by atoms with Crippen molar-refractivity contribution >= 4 is 17.4 Å². The molecule has 11 nitrogen and oxygen atoms in total. The van der Waals surface area contributed by atoms with E-state index in [1.807, 2.05) is 45.0 Å². The minimum Gasteiger partial charge on any atom is -0.494 e. The summed E-state index contributed by atoms with van der Waals surface area (Å²) < 4.78 is 11.4. The van der Waals surface area contributed by atoms with Crippen molar-refractivity contribution in [2.75, 3.05) is 12.3 Å². The third-order valence-electron chi connectivity index (χ3n) is 4.07. The average Bonchev–Trinajstić information content (AvgIpc) is 3.32. The topological polar surface area (TPSA) is 146 Å². The molecule has 0 fully saturated rings. The molecule has 3 aromatic rings. The van der Waals surface area contributed by atoms with Gasteiger partial charge in [0.15, 0.2) is 5.69 Å². The van der Waals surface area contributed by atoms with Gasteiger partial charge in [-0.15, -0.1) is 5.10 Å². The van der Waals surface area contributed by atoms with Crippen LogP contribution in [0, 0.1) is 0 Å². The van der Waals surface area contributed by atoms with Gasteiger partial charge in [-0.3, -0.25) is 4.79 Å². The molecule has 0 unspecified atom stereocenters. The number of nitrogen functional groups attached to an aromatic ring is 1. The molecule has 0 aliphatic rings. The Morgan fingerprint density at radius 2 is 2.03 bits per heavy atom. The number of anilines is 1. The molecule has 2 heterocycles. The van der Waals surface area contributed by atoms with Crippen LogP contribution in [0.15, 0.2) is 34.0 Å². The molecular weight excluding hydrogens is 376 g/mol. The van der Waals surface area contributed by atoms with Crippen LogP contribution in [0.25, 0.3) is 5.82 Å². The van der Waals surface area contributed by atoms with E-state index in [0.717, 1.165) is 11.3 Å². The second kappa shape index (κ2) is 8.50. The summed E-state index contributed by atoms with van der Waals surface area (Å²) in [4.78, 5) is 12.7. The van der Waals surface area contributed by atoms with Crippen LogP contribution in [0.5, 0.6) is 5.75 Å². The number of hydrogen-bond donors (Lipinski definition) is 2. The summed E-state index contributed by atoms with van der Waals surface area (Å²) in [7, 11) is 0. The lowest BCUT2D eigenvalue weighted by Gasteiger charge is -2.08. The molecule has 29 heavy (non-hydrogen) atoms. The number of aromatic nitrogens is 5. The van der Waals surface area contributed by atoms with Gasteiger partial charge in [-0.25, -0.2) is 10.1 Å². The third-order valence-corrected chi connectivity index (χ3v) is 4.07. The summed E-state index contributed by atoms with van der Waals surface area (Å²) >= 11 is 0. The lowest BCUT2D eigenvalue weighted by molar-refractivity contribution is 0.0948. The van der Waals surface area contributed by atoms with Crippen molar-refractivity contribution in [1.82, 2.24) is 30.7 Å². The molecule has 3 rings (SSSR count). The summed E-state index contributed by atoms with van der Waals surface area (Å²) in [6, 6.07) is 7.43. The van der Waals surface area contributed by atoms with Gasteiger partial charge in [0, 0.05) is 0 Å². The van der Waals surface area contributed by atoms with E-state index in [0.29, 0.717) is 18.0 Å². The molecule has 0 bridgehead atoms. The molecule has 0 atom stereocenters. The van der Waals surface area contributed by atoms with E-state index in [9.17, 15) is 4.79 Å². The van der Waals surface area contributed by atoms with Crippen LogP contribution in [0.1, 0.15) is 55.4 Å². The average molecular weight is 398 g/mol.